The predicted molar refractivity (Wildman–Crippen MR) is 150 cm³/mol. The SMILES string of the molecule is CC.CC(C)Oc1ccc(-c2nnc(-c3cccc4c3CCCC4NC(=O)c3ccccn3)s2)cc1C#N. The highest BCUT2D eigenvalue weighted by Gasteiger charge is 2.26. The predicted octanol–water partition coefficient (Wildman–Crippen LogP) is 6.76. The first-order chi connectivity index (χ1) is 18.5. The van der Waals surface area contributed by atoms with Crippen LogP contribution in [-0.4, -0.2) is 27.2 Å². The Morgan fingerprint density at radius 3 is 2.66 bits per heavy atom. The Balaban J connectivity index is 0.00000164. The van der Waals surface area contributed by atoms with E-state index in [0.717, 1.165) is 46.0 Å². The number of carbonyl (C=O) groups is 1. The number of fused-ring (bicyclic) bond motifs is 1. The van der Waals surface area contributed by atoms with Crippen LogP contribution >= 0.6 is 11.3 Å². The van der Waals surface area contributed by atoms with Crippen LogP contribution in [0.15, 0.2) is 60.8 Å². The molecule has 5 rings (SSSR count). The van der Waals surface area contributed by atoms with Gasteiger partial charge in [0.05, 0.1) is 17.7 Å². The van der Waals surface area contributed by atoms with E-state index in [1.54, 1.807) is 24.4 Å². The first-order valence-electron chi connectivity index (χ1n) is 12.9. The Labute approximate surface area is 227 Å². The lowest BCUT2D eigenvalue weighted by atomic mass is 9.85. The minimum atomic E-state index is -0.171. The lowest BCUT2D eigenvalue weighted by Gasteiger charge is -2.27. The summed E-state index contributed by atoms with van der Waals surface area (Å²) in [6.45, 7) is 7.86. The summed E-state index contributed by atoms with van der Waals surface area (Å²) in [6.07, 6.45) is 4.36. The summed E-state index contributed by atoms with van der Waals surface area (Å²) in [5.41, 5.74) is 5.06. The fourth-order valence-corrected chi connectivity index (χ4v) is 5.38. The number of nitrogens with one attached hydrogen (secondary N) is 1. The highest BCUT2D eigenvalue weighted by Crippen LogP contribution is 2.39. The highest BCUT2D eigenvalue weighted by atomic mass is 32.1. The normalized spacial score (nSPS) is 14.1. The van der Waals surface area contributed by atoms with Crippen LogP contribution in [0.1, 0.15) is 73.8 Å². The van der Waals surface area contributed by atoms with Crippen molar-refractivity contribution in [1.82, 2.24) is 20.5 Å². The van der Waals surface area contributed by atoms with Gasteiger partial charge in [0.2, 0.25) is 0 Å². The van der Waals surface area contributed by atoms with Crippen LogP contribution in [-0.2, 0) is 6.42 Å². The smallest absolute Gasteiger partial charge is 0.270 e. The van der Waals surface area contributed by atoms with Gasteiger partial charge >= 0.3 is 0 Å². The minimum absolute atomic E-state index is 0.0158. The molecule has 2 aromatic heterocycles. The maximum Gasteiger partial charge on any atom is 0.270 e. The molecule has 8 heteroatoms. The van der Waals surface area contributed by atoms with Crippen molar-refractivity contribution >= 4 is 17.2 Å². The van der Waals surface area contributed by atoms with Crippen molar-refractivity contribution < 1.29 is 9.53 Å². The van der Waals surface area contributed by atoms with E-state index in [1.165, 1.54) is 16.9 Å². The molecule has 0 bridgehead atoms. The van der Waals surface area contributed by atoms with Gasteiger partial charge in [-0.3, -0.25) is 9.78 Å². The van der Waals surface area contributed by atoms with Gasteiger partial charge in [0.1, 0.15) is 27.5 Å². The Morgan fingerprint density at radius 1 is 1.11 bits per heavy atom. The first-order valence-corrected chi connectivity index (χ1v) is 13.7. The second kappa shape index (κ2) is 12.4. The van der Waals surface area contributed by atoms with E-state index < -0.39 is 0 Å². The molecule has 0 fully saturated rings. The number of nitriles is 1. The third kappa shape index (κ3) is 5.90. The Morgan fingerprint density at radius 2 is 1.92 bits per heavy atom. The van der Waals surface area contributed by atoms with E-state index in [-0.39, 0.29) is 18.1 Å². The van der Waals surface area contributed by atoms with Gasteiger partial charge in [-0.1, -0.05) is 49.4 Å². The number of hydrogen-bond acceptors (Lipinski definition) is 7. The fraction of sp³-hybridized carbons (Fsp3) is 0.300. The van der Waals surface area contributed by atoms with Gasteiger partial charge < -0.3 is 10.1 Å². The van der Waals surface area contributed by atoms with Gasteiger partial charge in [0.15, 0.2) is 0 Å². The lowest BCUT2D eigenvalue weighted by molar-refractivity contribution is 0.0927. The second-order valence-corrected chi connectivity index (χ2v) is 9.89. The van der Waals surface area contributed by atoms with Crippen LogP contribution in [0.2, 0.25) is 0 Å². The van der Waals surface area contributed by atoms with Gasteiger partial charge in [-0.05, 0) is 74.6 Å². The molecule has 1 unspecified atom stereocenters. The summed E-state index contributed by atoms with van der Waals surface area (Å²) in [5, 5.41) is 23.2. The molecule has 0 aliphatic heterocycles. The van der Waals surface area contributed by atoms with Crippen LogP contribution in [0.4, 0.5) is 0 Å². The van der Waals surface area contributed by atoms with Gasteiger partial charge in [-0.2, -0.15) is 5.26 Å². The molecule has 1 amide bonds. The van der Waals surface area contributed by atoms with E-state index in [9.17, 15) is 10.1 Å². The zero-order chi connectivity index (χ0) is 27.1. The van der Waals surface area contributed by atoms with Crippen LogP contribution in [0.25, 0.3) is 21.1 Å². The van der Waals surface area contributed by atoms with E-state index >= 15 is 0 Å². The standard InChI is InChI=1S/C28H25N5O2S.C2H6/c1-17(2)35-25-13-12-18(15-19(25)16-29)27-32-33-28(36-27)22-9-5-8-21-20(22)7-6-11-23(21)31-26(34)24-10-3-4-14-30-24;1-2/h3-5,8-10,12-15,17,23H,6-7,11H2,1-2H3,(H,31,34);1-2H3. The molecule has 0 saturated carbocycles. The first kappa shape index (κ1) is 27.0. The minimum Gasteiger partial charge on any atom is -0.490 e. The van der Waals surface area contributed by atoms with Crippen LogP contribution < -0.4 is 10.1 Å². The molecule has 0 saturated heterocycles. The highest BCUT2D eigenvalue weighted by molar-refractivity contribution is 7.17. The number of carbonyl (C=O) groups excluding carboxylic acids is 1. The summed E-state index contributed by atoms with van der Waals surface area (Å²) in [6, 6.07) is 19.1. The molecule has 38 heavy (non-hydrogen) atoms. The van der Waals surface area contributed by atoms with Crippen molar-refractivity contribution in [3.8, 4) is 33.0 Å². The Kier molecular flexibility index (Phi) is 8.82. The number of benzene rings is 2. The third-order valence-corrected chi connectivity index (χ3v) is 7.08. The van der Waals surface area contributed by atoms with Gasteiger partial charge in [0, 0.05) is 17.3 Å². The van der Waals surface area contributed by atoms with Crippen LogP contribution in [0, 0.1) is 11.3 Å². The molecule has 1 atom stereocenters. The molecule has 1 aliphatic carbocycles. The molecule has 7 nitrogen and oxygen atoms in total. The average molecular weight is 526 g/mol. The monoisotopic (exact) mass is 525 g/mol. The topological polar surface area (TPSA) is 101 Å². The van der Waals surface area contributed by atoms with Gasteiger partial charge in [-0.15, -0.1) is 10.2 Å². The summed E-state index contributed by atoms with van der Waals surface area (Å²) in [7, 11) is 0. The number of hydrogen-bond donors (Lipinski definition) is 1. The molecule has 2 heterocycles. The van der Waals surface area contributed by atoms with Crippen molar-refractivity contribution in [2.24, 2.45) is 0 Å². The van der Waals surface area contributed by atoms with Crippen LogP contribution in [0.3, 0.4) is 0 Å². The lowest BCUT2D eigenvalue weighted by Crippen LogP contribution is -2.31. The molecular weight excluding hydrogens is 494 g/mol. The number of aromatic nitrogens is 3. The zero-order valence-corrected chi connectivity index (χ0v) is 22.9. The number of ether oxygens (including phenoxy) is 1. The van der Waals surface area contributed by atoms with Crippen molar-refractivity contribution in [1.29, 1.82) is 5.26 Å². The molecule has 194 valence electrons. The number of pyridine rings is 1. The van der Waals surface area contributed by atoms with Crippen molar-refractivity contribution in [3.05, 3.63) is 83.2 Å². The zero-order valence-electron chi connectivity index (χ0n) is 22.1. The average Bonchev–Trinajstić information content (AvgIpc) is 3.44. The quantitative estimate of drug-likeness (QED) is 0.298. The molecular formula is C30H31N5O2S. The third-order valence-electron chi connectivity index (χ3n) is 6.08. The number of amides is 1. The van der Waals surface area contributed by atoms with Crippen molar-refractivity contribution in [3.63, 3.8) is 0 Å². The molecule has 0 radical (unpaired) electrons. The Hall–Kier alpha value is -4.09. The fourth-order valence-electron chi connectivity index (χ4n) is 4.48. The maximum atomic E-state index is 12.7. The van der Waals surface area contributed by atoms with Crippen molar-refractivity contribution in [2.75, 3.05) is 0 Å². The molecule has 4 aromatic rings. The molecule has 2 aromatic carbocycles. The summed E-state index contributed by atoms with van der Waals surface area (Å²) in [5.74, 6) is 0.396. The molecule has 1 N–H and O–H groups in total. The summed E-state index contributed by atoms with van der Waals surface area (Å²) < 4.78 is 5.74. The van der Waals surface area contributed by atoms with Crippen molar-refractivity contribution in [2.45, 2.75) is 59.1 Å². The number of nitrogens with zero attached hydrogens (tertiary/aromatic N) is 4. The van der Waals surface area contributed by atoms with E-state index in [0.29, 0.717) is 17.0 Å². The van der Waals surface area contributed by atoms with E-state index in [1.807, 2.05) is 52.0 Å². The Bertz CT molecular complexity index is 1440. The summed E-state index contributed by atoms with van der Waals surface area (Å²) >= 11 is 1.49. The second-order valence-electron chi connectivity index (χ2n) is 8.91. The molecule has 0 spiro atoms. The molecule has 1 aliphatic rings. The van der Waals surface area contributed by atoms with E-state index in [2.05, 4.69) is 38.7 Å². The maximum absolute atomic E-state index is 12.7. The van der Waals surface area contributed by atoms with Gasteiger partial charge in [0.25, 0.3) is 5.91 Å². The van der Waals surface area contributed by atoms with Gasteiger partial charge in [-0.25, -0.2) is 0 Å². The number of rotatable bonds is 6. The van der Waals surface area contributed by atoms with Crippen LogP contribution in [0.5, 0.6) is 5.75 Å². The summed E-state index contributed by atoms with van der Waals surface area (Å²) in [4.78, 5) is 16.9. The largest absolute Gasteiger partial charge is 0.490 e. The van der Waals surface area contributed by atoms with E-state index in [4.69, 9.17) is 4.74 Å².